The number of pyridine rings is 3. The number of aliphatic hydroxyl groups excluding tert-OH is 6. The topological polar surface area (TPSA) is 339 Å². The molecule has 3 aromatic rings. The minimum atomic E-state index is -1.33. The van der Waals surface area contributed by atoms with Crippen LogP contribution in [0.1, 0.15) is 31.5 Å². The van der Waals surface area contributed by atoms with Gasteiger partial charge in [-0.25, -0.2) is 0 Å². The van der Waals surface area contributed by atoms with Gasteiger partial charge in [0, 0.05) is 76.1 Å². The van der Waals surface area contributed by atoms with E-state index in [1.807, 2.05) is 0 Å². The van der Waals surface area contributed by atoms with E-state index in [1.54, 1.807) is 4.90 Å². The molecular formula is C33H45N7O15. The molecule has 0 aliphatic rings. The van der Waals surface area contributed by atoms with Gasteiger partial charge in [-0.3, -0.25) is 33.7 Å². The summed E-state index contributed by atoms with van der Waals surface area (Å²) in [5.74, 6) is -5.49. The molecule has 0 radical (unpaired) electrons. The fraction of sp³-hybridized carbons (Fsp3) is 0.455. The summed E-state index contributed by atoms with van der Waals surface area (Å²) < 4.78 is 3.23. The van der Waals surface area contributed by atoms with Gasteiger partial charge in [0.25, 0.3) is 17.7 Å². The van der Waals surface area contributed by atoms with Gasteiger partial charge in [0.2, 0.25) is 16.3 Å². The molecule has 12 N–H and O–H groups in total. The first kappa shape index (κ1) is 43.8. The van der Waals surface area contributed by atoms with Crippen molar-refractivity contribution >= 4 is 17.7 Å². The number of aromatic hydroxyl groups is 3. The Morgan fingerprint density at radius 2 is 0.782 bits per heavy atom. The third-order valence-corrected chi connectivity index (χ3v) is 8.09. The van der Waals surface area contributed by atoms with Crippen LogP contribution in [0.15, 0.2) is 51.2 Å². The van der Waals surface area contributed by atoms with Crippen molar-refractivity contribution < 1.29 is 60.3 Å². The van der Waals surface area contributed by atoms with Crippen LogP contribution in [-0.2, 0) is 19.6 Å². The van der Waals surface area contributed by atoms with Crippen molar-refractivity contribution in [2.45, 2.75) is 37.9 Å². The standard InChI is InChI=1S/C33H45N7O15/c41-16-19(44)13-38-7-1-22(47)28(50)25(38)31(53)34-4-10-37(11-5-35-32(54)26-29(51)23(48)2-8-39(26)14-20(45)17-42)12-6-36-33(55)27-30(52)24(49)3-9-40(27)15-21(46)18-43/h1-3,7-9,19-21,41-46,50-52H,4-6,10-18H2,(H,34,53)(H,35,54)(H,36,55). The zero-order chi connectivity index (χ0) is 40.8. The van der Waals surface area contributed by atoms with Gasteiger partial charge in [-0.2, -0.15) is 0 Å². The summed E-state index contributed by atoms with van der Waals surface area (Å²) in [5.41, 5.74) is -4.12. The molecule has 0 bridgehead atoms. The number of amides is 3. The second-order valence-electron chi connectivity index (χ2n) is 12.2. The number of aromatic nitrogens is 3. The van der Waals surface area contributed by atoms with E-state index in [2.05, 4.69) is 16.0 Å². The van der Waals surface area contributed by atoms with Crippen molar-refractivity contribution in [3.8, 4) is 17.2 Å². The number of hydrogen-bond donors (Lipinski definition) is 12. The third kappa shape index (κ3) is 11.9. The molecule has 302 valence electrons. The van der Waals surface area contributed by atoms with Gasteiger partial charge in [-0.1, -0.05) is 0 Å². The number of rotatable bonds is 21. The third-order valence-electron chi connectivity index (χ3n) is 8.09. The molecule has 22 heteroatoms. The molecule has 3 heterocycles. The minimum Gasteiger partial charge on any atom is -0.503 e. The summed E-state index contributed by atoms with van der Waals surface area (Å²) in [5, 5.41) is 95.9. The molecule has 3 rings (SSSR count). The fourth-order valence-corrected chi connectivity index (χ4v) is 5.29. The summed E-state index contributed by atoms with van der Waals surface area (Å²) in [7, 11) is 0. The maximum absolute atomic E-state index is 13.1. The molecule has 3 unspecified atom stereocenters. The van der Waals surface area contributed by atoms with Gasteiger partial charge >= 0.3 is 0 Å². The largest absolute Gasteiger partial charge is 0.503 e. The Morgan fingerprint density at radius 3 is 1.02 bits per heavy atom. The lowest BCUT2D eigenvalue weighted by Gasteiger charge is -2.24. The van der Waals surface area contributed by atoms with E-state index in [1.165, 1.54) is 0 Å². The number of carbonyl (C=O) groups is 3. The first-order valence-corrected chi connectivity index (χ1v) is 16.8. The highest BCUT2D eigenvalue weighted by molar-refractivity contribution is 5.96. The van der Waals surface area contributed by atoms with Gasteiger partial charge in [-0.05, 0) is 0 Å². The van der Waals surface area contributed by atoms with Gasteiger partial charge in [0.1, 0.15) is 0 Å². The smallest absolute Gasteiger partial charge is 0.271 e. The van der Waals surface area contributed by atoms with Crippen molar-refractivity contribution in [1.29, 1.82) is 0 Å². The molecule has 55 heavy (non-hydrogen) atoms. The van der Waals surface area contributed by atoms with E-state index >= 15 is 0 Å². The quantitative estimate of drug-likeness (QED) is 0.0479. The van der Waals surface area contributed by atoms with Crippen molar-refractivity contribution in [1.82, 2.24) is 34.6 Å². The number of carbonyl (C=O) groups excluding carboxylic acids is 3. The Kier molecular flexibility index (Phi) is 16.5. The predicted molar refractivity (Wildman–Crippen MR) is 190 cm³/mol. The van der Waals surface area contributed by atoms with E-state index in [4.69, 9.17) is 0 Å². The molecule has 0 saturated heterocycles. The Bertz CT molecular complexity index is 1760. The Hall–Kier alpha value is -5.62. The van der Waals surface area contributed by atoms with Crippen LogP contribution in [0.25, 0.3) is 0 Å². The average Bonchev–Trinajstić information content (AvgIpc) is 3.15. The lowest BCUT2D eigenvalue weighted by molar-refractivity contribution is 0.0778. The molecule has 0 spiro atoms. The maximum atomic E-state index is 13.1. The highest BCUT2D eigenvalue weighted by Gasteiger charge is 2.23. The Labute approximate surface area is 311 Å². The highest BCUT2D eigenvalue weighted by Crippen LogP contribution is 2.15. The van der Waals surface area contributed by atoms with E-state index in [9.17, 15) is 74.7 Å². The number of nitrogens with one attached hydrogen (secondary N) is 3. The van der Waals surface area contributed by atoms with Gasteiger partial charge < -0.3 is 75.6 Å². The molecule has 3 aromatic heterocycles. The highest BCUT2D eigenvalue weighted by atomic mass is 16.3. The zero-order valence-corrected chi connectivity index (χ0v) is 29.4. The van der Waals surface area contributed by atoms with Crippen molar-refractivity contribution in [3.63, 3.8) is 0 Å². The second kappa shape index (κ2) is 20.7. The zero-order valence-electron chi connectivity index (χ0n) is 29.4. The second-order valence-corrected chi connectivity index (χ2v) is 12.2. The summed E-state index contributed by atoms with van der Waals surface area (Å²) in [4.78, 5) is 77.2. The van der Waals surface area contributed by atoms with Crippen LogP contribution in [0.4, 0.5) is 0 Å². The molecule has 0 aliphatic carbocycles. The van der Waals surface area contributed by atoms with Crippen LogP contribution >= 0.6 is 0 Å². The molecule has 3 amide bonds. The van der Waals surface area contributed by atoms with Crippen LogP contribution in [0.5, 0.6) is 17.2 Å². The first-order chi connectivity index (χ1) is 26.1. The summed E-state index contributed by atoms with van der Waals surface area (Å²) in [6.07, 6.45) is -0.527. The molecule has 0 aliphatic heterocycles. The van der Waals surface area contributed by atoms with Crippen LogP contribution in [0.3, 0.4) is 0 Å². The summed E-state index contributed by atoms with van der Waals surface area (Å²) in [6, 6.07) is 2.90. The average molecular weight is 780 g/mol. The van der Waals surface area contributed by atoms with Crippen LogP contribution in [0.2, 0.25) is 0 Å². The SMILES string of the molecule is O=C(NCCN(CCNC(=O)c1c(O)c(=O)ccn1CC(O)CO)CCNC(=O)c1c(O)c(=O)ccn1CC(O)CO)c1c(O)c(=O)ccn1CC(O)CO. The Balaban J connectivity index is 1.78. The molecule has 3 atom stereocenters. The normalized spacial score (nSPS) is 12.9. The first-order valence-electron chi connectivity index (χ1n) is 16.8. The van der Waals surface area contributed by atoms with Crippen LogP contribution in [0, 0.1) is 0 Å². The Morgan fingerprint density at radius 1 is 0.527 bits per heavy atom. The van der Waals surface area contributed by atoms with Gasteiger partial charge in [0.05, 0.1) is 57.8 Å². The van der Waals surface area contributed by atoms with Crippen LogP contribution < -0.4 is 32.2 Å². The van der Waals surface area contributed by atoms with Crippen LogP contribution in [-0.4, -0.2) is 160 Å². The monoisotopic (exact) mass is 779 g/mol. The van der Waals surface area contributed by atoms with Crippen molar-refractivity contribution in [2.24, 2.45) is 0 Å². The van der Waals surface area contributed by atoms with E-state index in [0.29, 0.717) is 0 Å². The van der Waals surface area contributed by atoms with Gasteiger partial charge in [0.15, 0.2) is 34.3 Å². The maximum Gasteiger partial charge on any atom is 0.271 e. The van der Waals surface area contributed by atoms with E-state index in [0.717, 1.165) is 50.5 Å². The van der Waals surface area contributed by atoms with Crippen molar-refractivity contribution in [2.75, 3.05) is 59.1 Å². The molecular weight excluding hydrogens is 734 g/mol. The van der Waals surface area contributed by atoms with Crippen molar-refractivity contribution in [3.05, 3.63) is 84.5 Å². The summed E-state index contributed by atoms with van der Waals surface area (Å²) in [6.45, 7) is -3.57. The molecule has 0 aromatic carbocycles. The molecule has 0 fully saturated rings. The fourth-order valence-electron chi connectivity index (χ4n) is 5.29. The predicted octanol–water partition coefficient (Wildman–Crippen LogP) is -5.76. The van der Waals surface area contributed by atoms with E-state index in [-0.39, 0.29) is 58.9 Å². The lowest BCUT2D eigenvalue weighted by atomic mass is 10.2. The molecule has 0 saturated carbocycles. The summed E-state index contributed by atoms with van der Waals surface area (Å²) >= 11 is 0. The van der Waals surface area contributed by atoms with Gasteiger partial charge in [-0.15, -0.1) is 0 Å². The lowest BCUT2D eigenvalue weighted by Crippen LogP contribution is -2.44. The number of hydrogen-bond acceptors (Lipinski definition) is 16. The van der Waals surface area contributed by atoms with E-state index < -0.39 is 106 Å². The number of nitrogens with zero attached hydrogens (tertiary/aromatic N) is 4. The minimum absolute atomic E-state index is 0.0114. The molecule has 22 nitrogen and oxygen atoms in total. The number of aliphatic hydroxyl groups is 6.